The molecule has 0 aromatic rings. The summed E-state index contributed by atoms with van der Waals surface area (Å²) in [7, 11) is 0. The first kappa shape index (κ1) is 11.9. The number of hydrogen-bond donors (Lipinski definition) is 1. The van der Waals surface area contributed by atoms with Gasteiger partial charge in [0.15, 0.2) is 0 Å². The molecule has 1 aliphatic carbocycles. The summed E-state index contributed by atoms with van der Waals surface area (Å²) in [5.41, 5.74) is 0. The predicted octanol–water partition coefficient (Wildman–Crippen LogP) is 1.78. The van der Waals surface area contributed by atoms with E-state index in [1.807, 2.05) is 0 Å². The lowest BCUT2D eigenvalue weighted by molar-refractivity contribution is -0.136. The fourth-order valence-corrected chi connectivity index (χ4v) is 3.06. The van der Waals surface area contributed by atoms with E-state index in [0.717, 1.165) is 38.4 Å². The maximum absolute atomic E-state index is 12.2. The fourth-order valence-electron chi connectivity index (χ4n) is 3.06. The van der Waals surface area contributed by atoms with Crippen LogP contribution in [0, 0.1) is 5.92 Å². The van der Waals surface area contributed by atoms with Crippen LogP contribution in [0.4, 0.5) is 0 Å². The molecule has 3 heteroatoms. The van der Waals surface area contributed by atoms with Crippen molar-refractivity contribution in [3.05, 3.63) is 0 Å². The number of amides is 1. The SMILES string of the molecule is CCNC1CCCN(CC2CCCC2)C1=O. The number of nitrogens with one attached hydrogen (secondary N) is 1. The van der Waals surface area contributed by atoms with Crippen molar-refractivity contribution in [1.29, 1.82) is 0 Å². The van der Waals surface area contributed by atoms with Gasteiger partial charge in [0, 0.05) is 13.1 Å². The normalized spacial score (nSPS) is 27.7. The summed E-state index contributed by atoms with van der Waals surface area (Å²) in [6.45, 7) is 4.97. The highest BCUT2D eigenvalue weighted by atomic mass is 16.2. The van der Waals surface area contributed by atoms with Gasteiger partial charge in [0.25, 0.3) is 0 Å². The predicted molar refractivity (Wildman–Crippen MR) is 65.2 cm³/mol. The molecule has 16 heavy (non-hydrogen) atoms. The Morgan fingerprint density at radius 2 is 2.00 bits per heavy atom. The Morgan fingerprint density at radius 3 is 2.69 bits per heavy atom. The molecule has 1 saturated carbocycles. The van der Waals surface area contributed by atoms with Crippen LogP contribution < -0.4 is 5.32 Å². The van der Waals surface area contributed by atoms with Crippen molar-refractivity contribution in [3.63, 3.8) is 0 Å². The van der Waals surface area contributed by atoms with Gasteiger partial charge in [-0.25, -0.2) is 0 Å². The number of likely N-dealkylation sites (tertiary alicyclic amines) is 1. The van der Waals surface area contributed by atoms with Crippen molar-refractivity contribution in [1.82, 2.24) is 10.2 Å². The quantitative estimate of drug-likeness (QED) is 0.789. The first-order valence-corrected chi connectivity index (χ1v) is 6.83. The largest absolute Gasteiger partial charge is 0.341 e. The molecule has 1 atom stereocenters. The van der Waals surface area contributed by atoms with Crippen molar-refractivity contribution < 1.29 is 4.79 Å². The Morgan fingerprint density at radius 1 is 1.25 bits per heavy atom. The Balaban J connectivity index is 1.85. The smallest absolute Gasteiger partial charge is 0.239 e. The molecule has 1 N–H and O–H groups in total. The number of carbonyl (C=O) groups excluding carboxylic acids is 1. The zero-order valence-corrected chi connectivity index (χ0v) is 10.4. The molecule has 0 spiro atoms. The summed E-state index contributed by atoms with van der Waals surface area (Å²) >= 11 is 0. The van der Waals surface area contributed by atoms with E-state index in [9.17, 15) is 4.79 Å². The monoisotopic (exact) mass is 224 g/mol. The number of piperidine rings is 1. The average Bonchev–Trinajstić information content (AvgIpc) is 2.77. The molecule has 2 aliphatic rings. The third-order valence-electron chi connectivity index (χ3n) is 3.93. The van der Waals surface area contributed by atoms with Crippen molar-refractivity contribution in [2.45, 2.75) is 51.5 Å². The lowest BCUT2D eigenvalue weighted by atomic mass is 10.0. The lowest BCUT2D eigenvalue weighted by Gasteiger charge is -2.34. The standard InChI is InChI=1S/C13H24N2O/c1-2-14-12-8-5-9-15(13(12)16)10-11-6-3-4-7-11/h11-12,14H,2-10H2,1H3. The first-order valence-electron chi connectivity index (χ1n) is 6.83. The highest BCUT2D eigenvalue weighted by Crippen LogP contribution is 2.26. The van der Waals surface area contributed by atoms with Crippen LogP contribution in [-0.2, 0) is 4.79 Å². The molecule has 0 radical (unpaired) electrons. The van der Waals surface area contributed by atoms with Gasteiger partial charge in [0.2, 0.25) is 5.91 Å². The molecule has 3 nitrogen and oxygen atoms in total. The molecule has 92 valence electrons. The molecular formula is C13H24N2O. The van der Waals surface area contributed by atoms with Crippen LogP contribution in [0.5, 0.6) is 0 Å². The number of rotatable bonds is 4. The lowest BCUT2D eigenvalue weighted by Crippen LogP contribution is -2.51. The highest BCUT2D eigenvalue weighted by molar-refractivity contribution is 5.82. The van der Waals surface area contributed by atoms with Crippen LogP contribution >= 0.6 is 0 Å². The Labute approximate surface area is 98.6 Å². The minimum absolute atomic E-state index is 0.0974. The third-order valence-corrected chi connectivity index (χ3v) is 3.93. The molecule has 1 saturated heterocycles. The van der Waals surface area contributed by atoms with Crippen LogP contribution in [0.3, 0.4) is 0 Å². The average molecular weight is 224 g/mol. The summed E-state index contributed by atoms with van der Waals surface area (Å²) in [6, 6.07) is 0.0974. The molecular weight excluding hydrogens is 200 g/mol. The van der Waals surface area contributed by atoms with E-state index in [4.69, 9.17) is 0 Å². The number of nitrogens with zero attached hydrogens (tertiary/aromatic N) is 1. The summed E-state index contributed by atoms with van der Waals surface area (Å²) in [4.78, 5) is 14.3. The zero-order chi connectivity index (χ0) is 11.4. The van der Waals surface area contributed by atoms with Gasteiger partial charge in [-0.1, -0.05) is 19.8 Å². The van der Waals surface area contributed by atoms with E-state index >= 15 is 0 Å². The van der Waals surface area contributed by atoms with E-state index in [1.165, 1.54) is 25.7 Å². The summed E-state index contributed by atoms with van der Waals surface area (Å²) in [6.07, 6.45) is 7.57. The molecule has 0 aromatic heterocycles. The van der Waals surface area contributed by atoms with Crippen molar-refractivity contribution in [2.24, 2.45) is 5.92 Å². The Hall–Kier alpha value is -0.570. The molecule has 1 amide bonds. The number of hydrogen-bond acceptors (Lipinski definition) is 2. The summed E-state index contributed by atoms with van der Waals surface area (Å²) < 4.78 is 0. The van der Waals surface area contributed by atoms with E-state index in [0.29, 0.717) is 5.91 Å². The van der Waals surface area contributed by atoms with Crippen LogP contribution in [0.25, 0.3) is 0 Å². The van der Waals surface area contributed by atoms with E-state index in [2.05, 4.69) is 17.1 Å². The molecule has 2 fully saturated rings. The highest BCUT2D eigenvalue weighted by Gasteiger charge is 2.29. The zero-order valence-electron chi connectivity index (χ0n) is 10.4. The second-order valence-electron chi connectivity index (χ2n) is 5.19. The number of carbonyl (C=O) groups is 1. The third kappa shape index (κ3) is 2.76. The second kappa shape index (κ2) is 5.67. The molecule has 0 bridgehead atoms. The van der Waals surface area contributed by atoms with Crippen LogP contribution in [-0.4, -0.2) is 36.5 Å². The van der Waals surface area contributed by atoms with Gasteiger partial charge in [0.1, 0.15) is 0 Å². The molecule has 1 unspecified atom stereocenters. The van der Waals surface area contributed by atoms with Crippen LogP contribution in [0.1, 0.15) is 45.4 Å². The van der Waals surface area contributed by atoms with Crippen LogP contribution in [0.2, 0.25) is 0 Å². The first-order chi connectivity index (χ1) is 7.81. The maximum Gasteiger partial charge on any atom is 0.239 e. The van der Waals surface area contributed by atoms with Gasteiger partial charge in [-0.15, -0.1) is 0 Å². The van der Waals surface area contributed by atoms with Gasteiger partial charge < -0.3 is 10.2 Å². The van der Waals surface area contributed by atoms with E-state index < -0.39 is 0 Å². The maximum atomic E-state index is 12.2. The van der Waals surface area contributed by atoms with Crippen LogP contribution in [0.15, 0.2) is 0 Å². The van der Waals surface area contributed by atoms with Gasteiger partial charge in [0.05, 0.1) is 6.04 Å². The molecule has 0 aromatic carbocycles. The second-order valence-corrected chi connectivity index (χ2v) is 5.19. The molecule has 1 heterocycles. The molecule has 2 rings (SSSR count). The van der Waals surface area contributed by atoms with Gasteiger partial charge in [-0.2, -0.15) is 0 Å². The van der Waals surface area contributed by atoms with E-state index in [-0.39, 0.29) is 6.04 Å². The number of likely N-dealkylation sites (N-methyl/N-ethyl adjacent to an activating group) is 1. The van der Waals surface area contributed by atoms with Gasteiger partial charge in [-0.05, 0) is 38.1 Å². The Bertz CT molecular complexity index is 234. The van der Waals surface area contributed by atoms with Crippen molar-refractivity contribution >= 4 is 5.91 Å². The van der Waals surface area contributed by atoms with Crippen molar-refractivity contribution in [3.8, 4) is 0 Å². The van der Waals surface area contributed by atoms with Gasteiger partial charge in [-0.3, -0.25) is 4.79 Å². The summed E-state index contributed by atoms with van der Waals surface area (Å²) in [5.74, 6) is 1.13. The summed E-state index contributed by atoms with van der Waals surface area (Å²) in [5, 5.41) is 3.30. The Kier molecular flexibility index (Phi) is 4.22. The van der Waals surface area contributed by atoms with Crippen molar-refractivity contribution in [2.75, 3.05) is 19.6 Å². The minimum atomic E-state index is 0.0974. The topological polar surface area (TPSA) is 32.3 Å². The fraction of sp³-hybridized carbons (Fsp3) is 0.923. The molecule has 1 aliphatic heterocycles. The minimum Gasteiger partial charge on any atom is -0.341 e. The van der Waals surface area contributed by atoms with E-state index in [1.54, 1.807) is 0 Å². The van der Waals surface area contributed by atoms with Gasteiger partial charge >= 0.3 is 0 Å².